The molecule has 2 atom stereocenters. The molecule has 0 spiro atoms. The highest BCUT2D eigenvalue weighted by Gasteiger charge is 2.28. The van der Waals surface area contributed by atoms with Gasteiger partial charge in [0.05, 0.1) is 0 Å². The molecule has 2 N–H and O–H groups in total. The van der Waals surface area contributed by atoms with Gasteiger partial charge in [-0.25, -0.2) is 4.79 Å². The van der Waals surface area contributed by atoms with Crippen molar-refractivity contribution in [3.05, 3.63) is 5.89 Å². The van der Waals surface area contributed by atoms with Crippen LogP contribution in [0.4, 0.5) is 10.7 Å². The molecule has 1 aromatic heterocycles. The minimum atomic E-state index is -0.470. The quantitative estimate of drug-likeness (QED) is 0.883. The second-order valence-electron chi connectivity index (χ2n) is 6.13. The minimum Gasteiger partial charge on any atom is -0.444 e. The van der Waals surface area contributed by atoms with Gasteiger partial charge in [0.1, 0.15) is 5.60 Å². The van der Waals surface area contributed by atoms with Crippen LogP contribution in [0.25, 0.3) is 0 Å². The monoisotopic (exact) mass is 282 g/mol. The SMILES string of the molecule is Cc1nc(N[C@H]2CC[C@H](NC(=O)OC(C)(C)C)C2)no1. The maximum absolute atomic E-state index is 11.7. The van der Waals surface area contributed by atoms with Crippen molar-refractivity contribution in [2.45, 2.75) is 64.6 Å². The van der Waals surface area contributed by atoms with Gasteiger partial charge in [-0.1, -0.05) is 0 Å². The average molecular weight is 282 g/mol. The molecule has 1 saturated carbocycles. The second kappa shape index (κ2) is 5.68. The Morgan fingerprint density at radius 2 is 2.05 bits per heavy atom. The van der Waals surface area contributed by atoms with Crippen LogP contribution in [0.5, 0.6) is 0 Å². The van der Waals surface area contributed by atoms with E-state index in [1.807, 2.05) is 20.8 Å². The van der Waals surface area contributed by atoms with Gasteiger partial charge in [0.2, 0.25) is 5.89 Å². The number of hydrogen-bond donors (Lipinski definition) is 2. The standard InChI is InChI=1S/C13H22N4O3/c1-8-14-11(17-20-8)15-9-5-6-10(7-9)16-12(18)19-13(2,3)4/h9-10H,5-7H2,1-4H3,(H,15,17)(H,16,18)/t9-,10-/m0/s1. The van der Waals surface area contributed by atoms with Crippen molar-refractivity contribution in [3.8, 4) is 0 Å². The van der Waals surface area contributed by atoms with Crippen molar-refractivity contribution >= 4 is 12.0 Å². The summed E-state index contributed by atoms with van der Waals surface area (Å²) in [6.07, 6.45) is 2.33. The molecule has 0 radical (unpaired) electrons. The van der Waals surface area contributed by atoms with E-state index in [0.29, 0.717) is 11.8 Å². The lowest BCUT2D eigenvalue weighted by atomic mass is 10.2. The van der Waals surface area contributed by atoms with Gasteiger partial charge in [-0.2, -0.15) is 4.98 Å². The van der Waals surface area contributed by atoms with Gasteiger partial charge in [0, 0.05) is 19.0 Å². The number of nitrogens with one attached hydrogen (secondary N) is 2. The molecule has 20 heavy (non-hydrogen) atoms. The highest BCUT2D eigenvalue weighted by Crippen LogP contribution is 2.22. The van der Waals surface area contributed by atoms with E-state index in [2.05, 4.69) is 20.8 Å². The Bertz CT molecular complexity index is 466. The Labute approximate surface area is 118 Å². The summed E-state index contributed by atoms with van der Waals surface area (Å²) < 4.78 is 10.2. The van der Waals surface area contributed by atoms with Crippen molar-refractivity contribution in [3.63, 3.8) is 0 Å². The molecule has 0 saturated heterocycles. The predicted molar refractivity (Wildman–Crippen MR) is 73.5 cm³/mol. The fourth-order valence-electron chi connectivity index (χ4n) is 2.26. The Kier molecular flexibility index (Phi) is 4.15. The Hall–Kier alpha value is -1.79. The Balaban J connectivity index is 1.76. The third-order valence-corrected chi connectivity index (χ3v) is 3.01. The third kappa shape index (κ3) is 4.40. The van der Waals surface area contributed by atoms with E-state index in [1.54, 1.807) is 6.92 Å². The molecule has 1 amide bonds. The van der Waals surface area contributed by atoms with Crippen LogP contribution in [-0.2, 0) is 4.74 Å². The van der Waals surface area contributed by atoms with Gasteiger partial charge in [0.25, 0.3) is 5.95 Å². The van der Waals surface area contributed by atoms with Gasteiger partial charge in [0.15, 0.2) is 0 Å². The van der Waals surface area contributed by atoms with E-state index in [9.17, 15) is 4.79 Å². The van der Waals surface area contributed by atoms with Crippen molar-refractivity contribution in [2.24, 2.45) is 0 Å². The van der Waals surface area contributed by atoms with Crippen LogP contribution < -0.4 is 10.6 Å². The molecule has 1 aliphatic rings. The first-order valence-electron chi connectivity index (χ1n) is 6.88. The van der Waals surface area contributed by atoms with E-state index in [1.165, 1.54) is 0 Å². The first kappa shape index (κ1) is 14.6. The molecule has 0 bridgehead atoms. The molecular formula is C13H22N4O3. The minimum absolute atomic E-state index is 0.121. The number of hydrogen-bond acceptors (Lipinski definition) is 6. The highest BCUT2D eigenvalue weighted by atomic mass is 16.6. The summed E-state index contributed by atoms with van der Waals surface area (Å²) in [4.78, 5) is 15.8. The van der Waals surface area contributed by atoms with Crippen LogP contribution in [-0.4, -0.2) is 33.9 Å². The average Bonchev–Trinajstić information content (AvgIpc) is 2.86. The molecule has 0 unspecified atom stereocenters. The van der Waals surface area contributed by atoms with Crippen LogP contribution in [0.15, 0.2) is 4.52 Å². The molecule has 0 aromatic carbocycles. The Morgan fingerprint density at radius 1 is 1.35 bits per heavy atom. The zero-order valence-electron chi connectivity index (χ0n) is 12.4. The van der Waals surface area contributed by atoms with Gasteiger partial charge >= 0.3 is 6.09 Å². The van der Waals surface area contributed by atoms with Crippen molar-refractivity contribution in [1.82, 2.24) is 15.5 Å². The number of ether oxygens (including phenoxy) is 1. The predicted octanol–water partition coefficient (Wildman–Crippen LogP) is 2.24. The summed E-state index contributed by atoms with van der Waals surface area (Å²) in [6, 6.07) is 0.363. The number of rotatable bonds is 3. The summed E-state index contributed by atoms with van der Waals surface area (Å²) >= 11 is 0. The smallest absolute Gasteiger partial charge is 0.407 e. The van der Waals surface area contributed by atoms with Gasteiger partial charge in [-0.15, -0.1) is 0 Å². The van der Waals surface area contributed by atoms with Crippen LogP contribution in [0.1, 0.15) is 45.9 Å². The summed E-state index contributed by atoms with van der Waals surface area (Å²) in [6.45, 7) is 7.30. The summed E-state index contributed by atoms with van der Waals surface area (Å²) in [5.41, 5.74) is -0.470. The van der Waals surface area contributed by atoms with Crippen molar-refractivity contribution in [2.75, 3.05) is 5.32 Å². The zero-order chi connectivity index (χ0) is 14.8. The maximum Gasteiger partial charge on any atom is 0.407 e. The molecule has 7 heteroatoms. The van der Waals surface area contributed by atoms with Crippen molar-refractivity contribution in [1.29, 1.82) is 0 Å². The molecule has 1 fully saturated rings. The molecule has 7 nitrogen and oxygen atoms in total. The molecule has 2 rings (SSSR count). The molecule has 1 aromatic rings. The summed E-state index contributed by atoms with van der Waals surface area (Å²) in [7, 11) is 0. The molecule has 0 aliphatic heterocycles. The van der Waals surface area contributed by atoms with E-state index < -0.39 is 5.60 Å². The molecular weight excluding hydrogens is 260 g/mol. The van der Waals surface area contributed by atoms with E-state index in [0.717, 1.165) is 19.3 Å². The molecule has 1 heterocycles. The normalized spacial score (nSPS) is 22.6. The van der Waals surface area contributed by atoms with E-state index in [4.69, 9.17) is 9.26 Å². The number of carbonyl (C=O) groups excluding carboxylic acids is 1. The van der Waals surface area contributed by atoms with Crippen LogP contribution in [0.2, 0.25) is 0 Å². The van der Waals surface area contributed by atoms with E-state index >= 15 is 0 Å². The lowest BCUT2D eigenvalue weighted by Gasteiger charge is -2.21. The van der Waals surface area contributed by atoms with Crippen LogP contribution in [0, 0.1) is 6.92 Å². The second-order valence-corrected chi connectivity index (χ2v) is 6.13. The number of alkyl carbamates (subject to hydrolysis) is 1. The highest BCUT2D eigenvalue weighted by molar-refractivity contribution is 5.68. The van der Waals surface area contributed by atoms with Gasteiger partial charge in [-0.3, -0.25) is 0 Å². The van der Waals surface area contributed by atoms with Gasteiger partial charge in [-0.05, 0) is 45.2 Å². The van der Waals surface area contributed by atoms with Gasteiger partial charge < -0.3 is 19.9 Å². The molecule has 112 valence electrons. The third-order valence-electron chi connectivity index (χ3n) is 3.01. The van der Waals surface area contributed by atoms with E-state index in [-0.39, 0.29) is 18.2 Å². The lowest BCUT2D eigenvalue weighted by molar-refractivity contribution is 0.0505. The zero-order valence-corrected chi connectivity index (χ0v) is 12.4. The largest absolute Gasteiger partial charge is 0.444 e. The van der Waals surface area contributed by atoms with Crippen LogP contribution in [0.3, 0.4) is 0 Å². The first-order valence-corrected chi connectivity index (χ1v) is 6.88. The van der Waals surface area contributed by atoms with Crippen LogP contribution >= 0.6 is 0 Å². The number of nitrogens with zero attached hydrogens (tertiary/aromatic N) is 2. The lowest BCUT2D eigenvalue weighted by Crippen LogP contribution is -2.38. The number of aryl methyl sites for hydroxylation is 1. The number of anilines is 1. The molecule has 1 aliphatic carbocycles. The number of aromatic nitrogens is 2. The number of amides is 1. The fraction of sp³-hybridized carbons (Fsp3) is 0.769. The first-order chi connectivity index (χ1) is 9.32. The fourth-order valence-corrected chi connectivity index (χ4v) is 2.26. The van der Waals surface area contributed by atoms with Crippen molar-refractivity contribution < 1.29 is 14.1 Å². The topological polar surface area (TPSA) is 89.3 Å². The Morgan fingerprint density at radius 3 is 2.65 bits per heavy atom. The number of carbonyl (C=O) groups is 1. The maximum atomic E-state index is 11.7. The summed E-state index contributed by atoms with van der Waals surface area (Å²) in [5, 5.41) is 9.90. The summed E-state index contributed by atoms with van der Waals surface area (Å²) in [5.74, 6) is 1.04.